The number of carbonyl (C=O) groups is 2. The largest absolute Gasteiger partial charge is 0.481 e. The Morgan fingerprint density at radius 1 is 1.41 bits per heavy atom. The average molecular weight is 242 g/mol. The van der Waals surface area contributed by atoms with Gasteiger partial charge in [-0.1, -0.05) is 6.92 Å². The molecule has 1 aliphatic heterocycles. The number of likely N-dealkylation sites (tertiary alicyclic amines) is 1. The van der Waals surface area contributed by atoms with E-state index in [1.165, 1.54) is 0 Å². The Labute approximate surface area is 102 Å². The molecule has 98 valence electrons. The number of hydrogen-bond donors (Lipinski definition) is 2. The van der Waals surface area contributed by atoms with E-state index < -0.39 is 11.5 Å². The third-order valence-corrected chi connectivity index (χ3v) is 3.08. The lowest BCUT2D eigenvalue weighted by Gasteiger charge is -2.29. The molecule has 0 bridgehead atoms. The minimum atomic E-state index is -0.905. The van der Waals surface area contributed by atoms with E-state index >= 15 is 0 Å². The second-order valence-corrected chi connectivity index (χ2v) is 5.73. The first-order valence-electron chi connectivity index (χ1n) is 6.02. The number of carboxylic acid groups (broad SMARTS) is 1. The molecular weight excluding hydrogens is 220 g/mol. The minimum Gasteiger partial charge on any atom is -0.481 e. The van der Waals surface area contributed by atoms with Crippen molar-refractivity contribution in [2.45, 2.75) is 52.1 Å². The molecule has 5 heteroatoms. The molecule has 0 spiro atoms. The number of amides is 2. The Bertz CT molecular complexity index is 315. The first-order chi connectivity index (χ1) is 7.71. The van der Waals surface area contributed by atoms with Crippen LogP contribution in [0.1, 0.15) is 40.5 Å². The highest BCUT2D eigenvalue weighted by atomic mass is 16.4. The van der Waals surface area contributed by atoms with Crippen LogP contribution in [0.3, 0.4) is 0 Å². The van der Waals surface area contributed by atoms with Crippen molar-refractivity contribution in [3.63, 3.8) is 0 Å². The third kappa shape index (κ3) is 3.91. The van der Waals surface area contributed by atoms with E-state index in [2.05, 4.69) is 12.2 Å². The van der Waals surface area contributed by atoms with Gasteiger partial charge in [-0.3, -0.25) is 4.79 Å². The first kappa shape index (κ1) is 13.8. The maximum Gasteiger partial charge on any atom is 0.318 e. The van der Waals surface area contributed by atoms with Crippen LogP contribution in [0, 0.1) is 5.92 Å². The smallest absolute Gasteiger partial charge is 0.318 e. The highest BCUT2D eigenvalue weighted by molar-refractivity contribution is 5.77. The van der Waals surface area contributed by atoms with E-state index in [1.54, 1.807) is 18.7 Å². The van der Waals surface area contributed by atoms with Gasteiger partial charge in [-0.05, 0) is 33.1 Å². The molecular formula is C12H22N2O3. The van der Waals surface area contributed by atoms with Crippen LogP contribution >= 0.6 is 0 Å². The third-order valence-electron chi connectivity index (χ3n) is 3.08. The van der Waals surface area contributed by atoms with Crippen molar-refractivity contribution in [3.8, 4) is 0 Å². The lowest BCUT2D eigenvalue weighted by Crippen LogP contribution is -2.51. The number of urea groups is 1. The molecule has 1 rings (SSSR count). The van der Waals surface area contributed by atoms with Crippen LogP contribution < -0.4 is 5.32 Å². The summed E-state index contributed by atoms with van der Waals surface area (Å²) < 4.78 is 0. The van der Waals surface area contributed by atoms with E-state index in [4.69, 9.17) is 5.11 Å². The number of carbonyl (C=O) groups excluding carboxylic acids is 1. The Kier molecular flexibility index (Phi) is 4.01. The Morgan fingerprint density at radius 3 is 2.41 bits per heavy atom. The summed E-state index contributed by atoms with van der Waals surface area (Å²) >= 11 is 0. The van der Waals surface area contributed by atoms with Crippen molar-refractivity contribution in [3.05, 3.63) is 0 Å². The summed E-state index contributed by atoms with van der Waals surface area (Å²) in [5, 5.41) is 11.5. The summed E-state index contributed by atoms with van der Waals surface area (Å²) in [6, 6.07) is 0.0683. The predicted molar refractivity (Wildman–Crippen MR) is 64.8 cm³/mol. The van der Waals surface area contributed by atoms with Gasteiger partial charge in [-0.2, -0.15) is 0 Å². The molecule has 17 heavy (non-hydrogen) atoms. The minimum absolute atomic E-state index is 0.0729. The Hall–Kier alpha value is -1.26. The molecule has 0 aromatic rings. The average Bonchev–Trinajstić information content (AvgIpc) is 2.41. The van der Waals surface area contributed by atoms with Crippen LogP contribution in [0.15, 0.2) is 0 Å². The van der Waals surface area contributed by atoms with Gasteiger partial charge in [0.25, 0.3) is 0 Å². The van der Waals surface area contributed by atoms with Gasteiger partial charge in [0.15, 0.2) is 0 Å². The summed E-state index contributed by atoms with van der Waals surface area (Å²) in [7, 11) is 0. The van der Waals surface area contributed by atoms with Crippen molar-refractivity contribution in [2.24, 2.45) is 5.92 Å². The van der Waals surface area contributed by atoms with Crippen LogP contribution in [0.5, 0.6) is 0 Å². The summed E-state index contributed by atoms with van der Waals surface area (Å²) in [5.41, 5.74) is -0.714. The molecule has 0 aromatic heterocycles. The maximum absolute atomic E-state index is 12.0. The molecule has 2 unspecified atom stereocenters. The van der Waals surface area contributed by atoms with Gasteiger partial charge in [0.1, 0.15) is 0 Å². The van der Waals surface area contributed by atoms with E-state index in [0.29, 0.717) is 5.92 Å². The summed E-state index contributed by atoms with van der Waals surface area (Å²) in [5.74, 6) is -0.392. The molecule has 0 saturated carbocycles. The fourth-order valence-corrected chi connectivity index (χ4v) is 2.37. The molecule has 0 radical (unpaired) electrons. The number of carboxylic acids is 1. The fourth-order valence-electron chi connectivity index (χ4n) is 2.37. The van der Waals surface area contributed by atoms with Crippen LogP contribution in [-0.2, 0) is 4.79 Å². The predicted octanol–water partition coefficient (Wildman–Crippen LogP) is 1.68. The summed E-state index contributed by atoms with van der Waals surface area (Å²) in [6.45, 7) is 8.34. The monoisotopic (exact) mass is 242 g/mol. The van der Waals surface area contributed by atoms with E-state index in [9.17, 15) is 9.59 Å². The second kappa shape index (κ2) is 4.94. The Morgan fingerprint density at radius 2 is 2.00 bits per heavy atom. The van der Waals surface area contributed by atoms with Crippen molar-refractivity contribution >= 4 is 12.0 Å². The van der Waals surface area contributed by atoms with Gasteiger partial charge >= 0.3 is 12.0 Å². The normalized spacial score (nSPS) is 24.8. The highest BCUT2D eigenvalue weighted by Crippen LogP contribution is 2.23. The second-order valence-electron chi connectivity index (χ2n) is 5.73. The van der Waals surface area contributed by atoms with Gasteiger partial charge in [-0.25, -0.2) is 4.79 Å². The molecule has 2 N–H and O–H groups in total. The van der Waals surface area contributed by atoms with Crippen LogP contribution in [-0.4, -0.2) is 40.1 Å². The molecule has 1 heterocycles. The number of rotatable bonds is 3. The van der Waals surface area contributed by atoms with Crippen LogP contribution in [0.4, 0.5) is 4.79 Å². The van der Waals surface area contributed by atoms with E-state index in [0.717, 1.165) is 13.0 Å². The topological polar surface area (TPSA) is 69.6 Å². The zero-order valence-corrected chi connectivity index (χ0v) is 11.0. The highest BCUT2D eigenvalue weighted by Gasteiger charge is 2.33. The lowest BCUT2D eigenvalue weighted by molar-refractivity contribution is -0.138. The molecule has 0 aliphatic carbocycles. The lowest BCUT2D eigenvalue weighted by atomic mass is 10.0. The summed E-state index contributed by atoms with van der Waals surface area (Å²) in [4.78, 5) is 24.5. The molecule has 2 atom stereocenters. The molecule has 1 saturated heterocycles. The van der Waals surface area contributed by atoms with Gasteiger partial charge in [0.05, 0.1) is 6.42 Å². The molecule has 1 aliphatic rings. The van der Waals surface area contributed by atoms with Gasteiger partial charge in [0, 0.05) is 18.1 Å². The van der Waals surface area contributed by atoms with Gasteiger partial charge in [0.2, 0.25) is 0 Å². The van der Waals surface area contributed by atoms with Crippen LogP contribution in [0.25, 0.3) is 0 Å². The number of aliphatic carboxylic acids is 1. The molecule has 0 aromatic carbocycles. The van der Waals surface area contributed by atoms with E-state index in [-0.39, 0.29) is 18.5 Å². The van der Waals surface area contributed by atoms with Crippen molar-refractivity contribution in [1.82, 2.24) is 10.2 Å². The van der Waals surface area contributed by atoms with Crippen molar-refractivity contribution in [2.75, 3.05) is 6.54 Å². The van der Waals surface area contributed by atoms with Gasteiger partial charge < -0.3 is 15.3 Å². The quantitative estimate of drug-likeness (QED) is 0.791. The van der Waals surface area contributed by atoms with Crippen molar-refractivity contribution in [1.29, 1.82) is 0 Å². The molecule has 1 fully saturated rings. The SMILES string of the molecule is CC1CC(C)N(C(=O)NC(C)(C)CC(=O)O)C1. The van der Waals surface area contributed by atoms with Crippen LogP contribution in [0.2, 0.25) is 0 Å². The zero-order chi connectivity index (χ0) is 13.2. The first-order valence-corrected chi connectivity index (χ1v) is 6.02. The number of hydrogen-bond acceptors (Lipinski definition) is 2. The summed E-state index contributed by atoms with van der Waals surface area (Å²) in [6.07, 6.45) is 0.934. The van der Waals surface area contributed by atoms with Gasteiger partial charge in [-0.15, -0.1) is 0 Å². The molecule has 5 nitrogen and oxygen atoms in total. The standard InChI is InChI=1S/C12H22N2O3/c1-8-5-9(2)14(7-8)11(17)13-12(3,4)6-10(15)16/h8-9H,5-7H2,1-4H3,(H,13,17)(H,15,16). The number of nitrogens with one attached hydrogen (secondary N) is 1. The van der Waals surface area contributed by atoms with E-state index in [1.807, 2.05) is 6.92 Å². The zero-order valence-electron chi connectivity index (χ0n) is 11.0. The maximum atomic E-state index is 12.0. The Balaban J connectivity index is 2.57. The molecule has 2 amide bonds. The number of nitrogens with zero attached hydrogens (tertiary/aromatic N) is 1. The van der Waals surface area contributed by atoms with Crippen molar-refractivity contribution < 1.29 is 14.7 Å². The fraction of sp³-hybridized carbons (Fsp3) is 0.833.